The smallest absolute Gasteiger partial charge is 0.159 e. The lowest BCUT2D eigenvalue weighted by Gasteiger charge is -2.20. The summed E-state index contributed by atoms with van der Waals surface area (Å²) in [5, 5.41) is 13.9. The third kappa shape index (κ3) is 32.7. The molecule has 0 spiro atoms. The van der Waals surface area contributed by atoms with Crippen molar-refractivity contribution in [1.29, 1.82) is 0 Å². The minimum atomic E-state index is -0.203. The summed E-state index contributed by atoms with van der Waals surface area (Å²) in [7, 11) is 0. The average molecular weight is 845 g/mol. The van der Waals surface area contributed by atoms with Gasteiger partial charge in [-0.25, -0.2) is 0 Å². The molecule has 61 heavy (non-hydrogen) atoms. The van der Waals surface area contributed by atoms with E-state index in [1.54, 1.807) is 13.8 Å². The van der Waals surface area contributed by atoms with Crippen molar-refractivity contribution in [2.75, 3.05) is 19.6 Å². The van der Waals surface area contributed by atoms with E-state index < -0.39 is 0 Å². The van der Waals surface area contributed by atoms with Gasteiger partial charge in [-0.15, -0.1) is 0 Å². The van der Waals surface area contributed by atoms with Gasteiger partial charge in [0.15, 0.2) is 11.6 Å². The van der Waals surface area contributed by atoms with Crippen LogP contribution < -0.4 is 21.3 Å². The molecule has 346 valence electrons. The molecule has 1 aromatic carbocycles. The second-order valence-electron chi connectivity index (χ2n) is 18.1. The lowest BCUT2D eigenvalue weighted by molar-refractivity contribution is -0.122. The summed E-state index contributed by atoms with van der Waals surface area (Å²) in [6.45, 7) is 27.1. The third-order valence-corrected chi connectivity index (χ3v) is 11.8. The number of aryl methyl sites for hydroxylation is 1. The van der Waals surface area contributed by atoms with Crippen LogP contribution in [-0.4, -0.2) is 43.0 Å². The monoisotopic (exact) mass is 845 g/mol. The number of benzene rings is 1. The van der Waals surface area contributed by atoms with E-state index in [-0.39, 0.29) is 23.5 Å². The first kappa shape index (κ1) is 55.4. The van der Waals surface area contributed by atoms with Gasteiger partial charge < -0.3 is 21.3 Å². The molecule has 1 rings (SSSR count). The van der Waals surface area contributed by atoms with Crippen LogP contribution in [0.5, 0.6) is 0 Å². The predicted octanol–water partition coefficient (Wildman–Crippen LogP) is 13.6. The number of carbonyl (C=O) groups excluding carboxylic acids is 3. The van der Waals surface area contributed by atoms with Crippen LogP contribution in [-0.2, 0) is 16.0 Å². The van der Waals surface area contributed by atoms with Gasteiger partial charge in [0.2, 0.25) is 0 Å². The molecular weight excluding hydrogens is 753 g/mol. The molecule has 1 atom stereocenters. The molecule has 0 aliphatic heterocycles. The van der Waals surface area contributed by atoms with E-state index in [1.807, 2.05) is 32.0 Å². The topological polar surface area (TPSA) is 99.3 Å². The molecular formula is C54H92N4O3. The largest absolute Gasteiger partial charge is 0.389 e. The van der Waals surface area contributed by atoms with Gasteiger partial charge in [-0.1, -0.05) is 142 Å². The number of hydrogen-bond donors (Lipinski definition) is 4. The molecule has 1 aromatic rings. The normalized spacial score (nSPS) is 11.6. The number of allylic oxidation sites excluding steroid dienone is 4. The Kier molecular flexibility index (Phi) is 33.6. The Balaban J connectivity index is 1.93. The molecule has 0 aliphatic rings. The second-order valence-corrected chi connectivity index (χ2v) is 18.1. The number of rotatable bonds is 44. The van der Waals surface area contributed by atoms with Gasteiger partial charge in [0.1, 0.15) is 5.78 Å². The summed E-state index contributed by atoms with van der Waals surface area (Å²) >= 11 is 0. The van der Waals surface area contributed by atoms with Crippen LogP contribution in [0.15, 0.2) is 73.4 Å². The van der Waals surface area contributed by atoms with Crippen molar-refractivity contribution in [1.82, 2.24) is 21.3 Å². The van der Waals surface area contributed by atoms with Crippen LogP contribution in [0.25, 0.3) is 0 Å². The minimum Gasteiger partial charge on any atom is -0.389 e. The zero-order valence-electron chi connectivity index (χ0n) is 39.9. The third-order valence-electron chi connectivity index (χ3n) is 11.8. The highest BCUT2D eigenvalue weighted by atomic mass is 16.1. The zero-order chi connectivity index (χ0) is 44.9. The summed E-state index contributed by atoms with van der Waals surface area (Å²) in [4.78, 5) is 35.7. The molecule has 0 aromatic heterocycles. The van der Waals surface area contributed by atoms with E-state index >= 15 is 0 Å². The zero-order valence-corrected chi connectivity index (χ0v) is 39.9. The van der Waals surface area contributed by atoms with Crippen LogP contribution in [0, 0.1) is 5.92 Å². The van der Waals surface area contributed by atoms with E-state index in [4.69, 9.17) is 0 Å². The minimum absolute atomic E-state index is 0.137. The predicted molar refractivity (Wildman–Crippen MR) is 263 cm³/mol. The van der Waals surface area contributed by atoms with Crippen LogP contribution in [0.1, 0.15) is 217 Å². The summed E-state index contributed by atoms with van der Waals surface area (Å²) in [5.74, 6) is 0.844. The van der Waals surface area contributed by atoms with Gasteiger partial charge in [0, 0.05) is 60.3 Å². The van der Waals surface area contributed by atoms with Gasteiger partial charge in [0.05, 0.1) is 6.04 Å². The molecule has 0 saturated carbocycles. The highest BCUT2D eigenvalue weighted by Crippen LogP contribution is 2.16. The second kappa shape index (κ2) is 37.0. The van der Waals surface area contributed by atoms with Crippen molar-refractivity contribution in [3.05, 3.63) is 84.5 Å². The fourth-order valence-electron chi connectivity index (χ4n) is 7.63. The first-order valence-corrected chi connectivity index (χ1v) is 24.7. The van der Waals surface area contributed by atoms with E-state index in [0.29, 0.717) is 5.78 Å². The van der Waals surface area contributed by atoms with Gasteiger partial charge in [0.25, 0.3) is 0 Å². The highest BCUT2D eigenvalue weighted by Gasteiger charge is 2.15. The van der Waals surface area contributed by atoms with E-state index in [9.17, 15) is 14.4 Å². The molecule has 1 unspecified atom stereocenters. The molecule has 4 N–H and O–H groups in total. The van der Waals surface area contributed by atoms with Crippen molar-refractivity contribution in [3.8, 4) is 0 Å². The van der Waals surface area contributed by atoms with Crippen molar-refractivity contribution >= 4 is 17.3 Å². The Hall–Kier alpha value is -3.61. The quantitative estimate of drug-likeness (QED) is 0.0383. The summed E-state index contributed by atoms with van der Waals surface area (Å²) in [5.41, 5.74) is 6.39. The van der Waals surface area contributed by atoms with Gasteiger partial charge in [-0.3, -0.25) is 14.4 Å². The summed E-state index contributed by atoms with van der Waals surface area (Å²) in [6, 6.07) is 7.85. The van der Waals surface area contributed by atoms with Gasteiger partial charge in [-0.2, -0.15) is 0 Å². The van der Waals surface area contributed by atoms with Gasteiger partial charge in [-0.05, 0) is 115 Å². The molecule has 0 saturated heterocycles. The number of ketones is 3. The molecule has 7 nitrogen and oxygen atoms in total. The van der Waals surface area contributed by atoms with E-state index in [0.717, 1.165) is 119 Å². The molecule has 0 amide bonds. The van der Waals surface area contributed by atoms with Crippen LogP contribution in [0.4, 0.5) is 0 Å². The fourth-order valence-corrected chi connectivity index (χ4v) is 7.63. The van der Waals surface area contributed by atoms with Crippen molar-refractivity contribution in [2.24, 2.45) is 5.92 Å². The Morgan fingerprint density at radius 3 is 1.39 bits per heavy atom. The SMILES string of the molecule is C=C(CCCCCCCNC(=C)CCC(NC(=C)CCCCCCCCCCc1cccc(C(C)=O)c1)C(C)=O)NCCCCCCCC(=C)NCCCCCC(=O)C(C)C. The summed E-state index contributed by atoms with van der Waals surface area (Å²) in [6.07, 6.45) is 31.5. The van der Waals surface area contributed by atoms with E-state index in [2.05, 4.69) is 53.6 Å². The fraction of sp³-hybridized carbons (Fsp3) is 0.685. The van der Waals surface area contributed by atoms with Crippen LogP contribution in [0.3, 0.4) is 0 Å². The molecule has 0 aliphatic carbocycles. The maximum atomic E-state index is 12.4. The molecule has 0 bridgehead atoms. The maximum absolute atomic E-state index is 12.4. The molecule has 0 fully saturated rings. The Labute approximate surface area is 375 Å². The molecule has 0 radical (unpaired) electrons. The summed E-state index contributed by atoms with van der Waals surface area (Å²) < 4.78 is 0. The number of hydrogen-bond acceptors (Lipinski definition) is 7. The lowest BCUT2D eigenvalue weighted by Crippen LogP contribution is -2.35. The first-order valence-electron chi connectivity index (χ1n) is 24.7. The number of carbonyl (C=O) groups is 3. The van der Waals surface area contributed by atoms with E-state index in [1.165, 1.54) is 114 Å². The maximum Gasteiger partial charge on any atom is 0.159 e. The Morgan fingerprint density at radius 2 is 0.918 bits per heavy atom. The Morgan fingerprint density at radius 1 is 0.508 bits per heavy atom. The standard InChI is InChI=1S/C54H92N4O3/c1-44(2)54(61)37-26-21-29-42-56-46(4)32-23-16-13-19-27-40-55-45(3)31-22-17-14-20-28-41-57-47(5)38-39-53(50(8)60)58-48(6)33-24-15-11-9-10-12-18-25-34-51-35-30-36-52(43-51)49(7)59/h30,35-36,43-44,53,55-58H,3-6,9-29,31-34,37-42H2,1-2,7-8H3. The first-order chi connectivity index (χ1) is 29.4. The highest BCUT2D eigenvalue weighted by molar-refractivity contribution is 5.94. The lowest BCUT2D eigenvalue weighted by atomic mass is 10.0. The number of Topliss-reactive ketones (excluding diaryl/α,β-unsaturated/α-hetero) is 3. The molecule has 0 heterocycles. The van der Waals surface area contributed by atoms with Crippen LogP contribution in [0.2, 0.25) is 0 Å². The van der Waals surface area contributed by atoms with Crippen molar-refractivity contribution in [3.63, 3.8) is 0 Å². The Bertz CT molecular complexity index is 1400. The van der Waals surface area contributed by atoms with Crippen LogP contribution >= 0.6 is 0 Å². The average Bonchev–Trinajstić information content (AvgIpc) is 3.23. The number of nitrogens with one attached hydrogen (secondary N) is 4. The number of unbranched alkanes of at least 4 members (excludes halogenated alkanes) is 17. The molecule has 7 heteroatoms. The van der Waals surface area contributed by atoms with Gasteiger partial charge >= 0.3 is 0 Å². The van der Waals surface area contributed by atoms with Crippen molar-refractivity contribution < 1.29 is 14.4 Å². The van der Waals surface area contributed by atoms with Crippen molar-refractivity contribution in [2.45, 2.75) is 214 Å².